The van der Waals surface area contributed by atoms with Gasteiger partial charge in [-0.25, -0.2) is 8.42 Å². The molecule has 0 unspecified atom stereocenters. The quantitative estimate of drug-likeness (QED) is 0.316. The van der Waals surface area contributed by atoms with E-state index >= 15 is 0 Å². The largest absolute Gasteiger partial charge is 0.495 e. The molecule has 0 saturated carbocycles. The van der Waals surface area contributed by atoms with Gasteiger partial charge in [-0.2, -0.15) is 0 Å². The number of sulfonamides is 1. The molecule has 0 spiro atoms. The lowest BCUT2D eigenvalue weighted by atomic mass is 10.1. The summed E-state index contributed by atoms with van der Waals surface area (Å²) in [4.78, 5) is 28.6. The second-order valence-electron chi connectivity index (χ2n) is 9.65. The molecule has 3 aromatic rings. The molecule has 0 saturated heterocycles. The first kappa shape index (κ1) is 31.0. The third-order valence-electron chi connectivity index (χ3n) is 6.62. The van der Waals surface area contributed by atoms with Gasteiger partial charge < -0.3 is 15.0 Å². The molecule has 2 atom stereocenters. The van der Waals surface area contributed by atoms with Crippen molar-refractivity contribution in [3.05, 3.63) is 88.9 Å². The Labute approximate surface area is 241 Å². The number of halogens is 1. The van der Waals surface area contributed by atoms with Gasteiger partial charge >= 0.3 is 0 Å². The molecule has 8 nitrogen and oxygen atoms in total. The van der Waals surface area contributed by atoms with Crippen LogP contribution >= 0.6 is 11.6 Å². The Morgan fingerprint density at radius 2 is 1.70 bits per heavy atom. The van der Waals surface area contributed by atoms with Crippen molar-refractivity contribution in [3.8, 4) is 5.75 Å². The number of nitrogens with one attached hydrogen (secondary N) is 1. The van der Waals surface area contributed by atoms with Crippen LogP contribution < -0.4 is 14.4 Å². The number of rotatable bonds is 12. The molecule has 214 valence electrons. The van der Waals surface area contributed by atoms with Crippen LogP contribution in [0.5, 0.6) is 5.75 Å². The zero-order valence-electron chi connectivity index (χ0n) is 23.4. The molecule has 0 bridgehead atoms. The smallest absolute Gasteiger partial charge is 0.264 e. The average Bonchev–Trinajstić information content (AvgIpc) is 2.94. The van der Waals surface area contributed by atoms with E-state index in [-0.39, 0.29) is 39.8 Å². The summed E-state index contributed by atoms with van der Waals surface area (Å²) in [7, 11) is -2.82. The van der Waals surface area contributed by atoms with Gasteiger partial charge in [0.2, 0.25) is 11.8 Å². The fourth-order valence-electron chi connectivity index (χ4n) is 4.15. The molecule has 0 radical (unpaired) electrons. The number of benzene rings is 3. The van der Waals surface area contributed by atoms with Crippen molar-refractivity contribution in [2.75, 3.05) is 18.0 Å². The summed E-state index contributed by atoms with van der Waals surface area (Å²) in [6, 6.07) is 19.0. The number of aryl methyl sites for hydroxylation is 1. The Morgan fingerprint density at radius 3 is 2.33 bits per heavy atom. The van der Waals surface area contributed by atoms with E-state index in [9.17, 15) is 18.0 Å². The van der Waals surface area contributed by atoms with Gasteiger partial charge in [0.1, 0.15) is 18.3 Å². The first-order valence-corrected chi connectivity index (χ1v) is 14.9. The summed E-state index contributed by atoms with van der Waals surface area (Å²) in [6.07, 6.45) is 0.724. The van der Waals surface area contributed by atoms with Crippen LogP contribution in [0, 0.1) is 6.92 Å². The molecule has 0 aliphatic carbocycles. The van der Waals surface area contributed by atoms with Crippen LogP contribution in [0.4, 0.5) is 5.69 Å². The lowest BCUT2D eigenvalue weighted by molar-refractivity contribution is -0.139. The summed E-state index contributed by atoms with van der Waals surface area (Å²) in [5.74, 6) is -0.660. The third-order valence-corrected chi connectivity index (χ3v) is 8.63. The van der Waals surface area contributed by atoms with E-state index in [4.69, 9.17) is 16.3 Å². The van der Waals surface area contributed by atoms with Crippen molar-refractivity contribution in [1.29, 1.82) is 0 Å². The number of hydrogen-bond donors (Lipinski definition) is 1. The summed E-state index contributed by atoms with van der Waals surface area (Å²) in [5.41, 5.74) is 1.92. The average molecular weight is 586 g/mol. The first-order valence-electron chi connectivity index (χ1n) is 13.0. The van der Waals surface area contributed by atoms with Crippen molar-refractivity contribution >= 4 is 39.1 Å². The van der Waals surface area contributed by atoms with Crippen LogP contribution in [-0.4, -0.2) is 50.9 Å². The van der Waals surface area contributed by atoms with E-state index < -0.39 is 28.5 Å². The highest BCUT2D eigenvalue weighted by Gasteiger charge is 2.34. The summed E-state index contributed by atoms with van der Waals surface area (Å²) >= 11 is 6.26. The molecular weight excluding hydrogens is 550 g/mol. The minimum atomic E-state index is -4.23. The van der Waals surface area contributed by atoms with Crippen molar-refractivity contribution in [1.82, 2.24) is 10.2 Å². The molecule has 3 aromatic carbocycles. The normalized spacial score (nSPS) is 12.8. The van der Waals surface area contributed by atoms with Crippen LogP contribution in [0.15, 0.2) is 77.7 Å². The third kappa shape index (κ3) is 7.55. The van der Waals surface area contributed by atoms with Crippen LogP contribution in [0.1, 0.15) is 38.3 Å². The topological polar surface area (TPSA) is 96.0 Å². The Hall–Kier alpha value is -3.56. The molecule has 1 N–H and O–H groups in total. The van der Waals surface area contributed by atoms with E-state index in [1.807, 2.05) is 45.0 Å². The molecule has 0 aromatic heterocycles. The van der Waals surface area contributed by atoms with E-state index in [0.29, 0.717) is 0 Å². The Bertz CT molecular complexity index is 1430. The summed E-state index contributed by atoms with van der Waals surface area (Å²) in [6.45, 7) is 6.95. The number of nitrogens with zero attached hydrogens (tertiary/aromatic N) is 2. The van der Waals surface area contributed by atoms with E-state index in [0.717, 1.165) is 21.9 Å². The monoisotopic (exact) mass is 585 g/mol. The number of methoxy groups -OCH3 is 1. The SMILES string of the molecule is CC[C@H](C)NC(=O)[C@H](C)N(Cc1cccc(C)c1)C(=O)CN(c1cc(Cl)ccc1OC)S(=O)(=O)c1ccccc1. The number of amides is 2. The van der Waals surface area contributed by atoms with Crippen LogP contribution in [0.3, 0.4) is 0 Å². The molecule has 10 heteroatoms. The van der Waals surface area contributed by atoms with Crippen LogP contribution in [-0.2, 0) is 26.2 Å². The zero-order valence-corrected chi connectivity index (χ0v) is 25.0. The fourth-order valence-corrected chi connectivity index (χ4v) is 5.75. The van der Waals surface area contributed by atoms with Gasteiger partial charge in [-0.1, -0.05) is 66.6 Å². The molecule has 0 heterocycles. The van der Waals surface area contributed by atoms with Gasteiger partial charge in [0.25, 0.3) is 10.0 Å². The molecule has 3 rings (SSSR count). The number of ether oxygens (including phenoxy) is 1. The maximum Gasteiger partial charge on any atom is 0.264 e. The maximum atomic E-state index is 14.0. The van der Waals surface area contributed by atoms with Gasteiger partial charge in [0.15, 0.2) is 0 Å². The van der Waals surface area contributed by atoms with Crippen LogP contribution in [0.2, 0.25) is 5.02 Å². The van der Waals surface area contributed by atoms with Crippen molar-refractivity contribution in [2.45, 2.75) is 57.6 Å². The van der Waals surface area contributed by atoms with Crippen molar-refractivity contribution in [2.24, 2.45) is 0 Å². The number of anilines is 1. The van der Waals surface area contributed by atoms with Gasteiger partial charge in [0.05, 0.1) is 17.7 Å². The van der Waals surface area contributed by atoms with E-state index in [1.54, 1.807) is 37.3 Å². The Kier molecular flexibility index (Phi) is 10.6. The first-order chi connectivity index (χ1) is 19.0. The minimum absolute atomic E-state index is 0.00220. The molecular formula is C30H36ClN3O5S. The standard InChI is InChI=1S/C30H36ClN3O5S/c1-6-22(3)32-30(36)23(4)33(19-24-12-10-11-21(2)17-24)29(35)20-34(27-18-25(31)15-16-28(27)39-5)40(37,38)26-13-8-7-9-14-26/h7-18,22-23H,6,19-20H2,1-5H3,(H,32,36)/t22-,23-/m0/s1. The minimum Gasteiger partial charge on any atom is -0.495 e. The van der Waals surface area contributed by atoms with E-state index in [1.165, 1.54) is 30.2 Å². The highest BCUT2D eigenvalue weighted by molar-refractivity contribution is 7.92. The summed E-state index contributed by atoms with van der Waals surface area (Å²) < 4.78 is 34.3. The molecule has 0 fully saturated rings. The second-order valence-corrected chi connectivity index (χ2v) is 11.9. The van der Waals surface area contributed by atoms with Gasteiger partial charge in [-0.3, -0.25) is 13.9 Å². The highest BCUT2D eigenvalue weighted by Crippen LogP contribution is 2.35. The molecule has 40 heavy (non-hydrogen) atoms. The predicted octanol–water partition coefficient (Wildman–Crippen LogP) is 5.18. The zero-order chi connectivity index (χ0) is 29.4. The van der Waals surface area contributed by atoms with Gasteiger partial charge in [-0.05, 0) is 63.1 Å². The van der Waals surface area contributed by atoms with Crippen molar-refractivity contribution < 1.29 is 22.7 Å². The lowest BCUT2D eigenvalue weighted by Gasteiger charge is -2.33. The van der Waals surface area contributed by atoms with Gasteiger partial charge in [0, 0.05) is 17.6 Å². The van der Waals surface area contributed by atoms with Gasteiger partial charge in [-0.15, -0.1) is 0 Å². The predicted molar refractivity (Wildman–Crippen MR) is 158 cm³/mol. The molecule has 0 aliphatic rings. The Balaban J connectivity index is 2.08. The maximum absolute atomic E-state index is 14.0. The highest BCUT2D eigenvalue weighted by atomic mass is 35.5. The molecule has 0 aliphatic heterocycles. The lowest BCUT2D eigenvalue weighted by Crippen LogP contribution is -2.52. The summed E-state index contributed by atoms with van der Waals surface area (Å²) in [5, 5.41) is 3.20. The number of carbonyl (C=O) groups is 2. The fraction of sp³-hybridized carbons (Fsp3) is 0.333. The number of hydrogen-bond acceptors (Lipinski definition) is 5. The van der Waals surface area contributed by atoms with Crippen LogP contribution in [0.25, 0.3) is 0 Å². The second kappa shape index (κ2) is 13.7. The Morgan fingerprint density at radius 1 is 1.00 bits per heavy atom. The van der Waals surface area contributed by atoms with E-state index in [2.05, 4.69) is 5.32 Å². The van der Waals surface area contributed by atoms with Crippen molar-refractivity contribution in [3.63, 3.8) is 0 Å². The number of carbonyl (C=O) groups excluding carboxylic acids is 2. The molecule has 2 amide bonds.